The number of nitrogens with zero attached hydrogens (tertiary/aromatic N) is 1. The van der Waals surface area contributed by atoms with Gasteiger partial charge in [-0.15, -0.1) is 11.8 Å². The first-order valence-corrected chi connectivity index (χ1v) is 8.22. The van der Waals surface area contributed by atoms with Crippen molar-refractivity contribution in [2.45, 2.75) is 49.4 Å². The standard InChI is InChI=1S/C16H24N2OS/c1-12(2)18(14-9-10-17-11-14)16(19)13(3)20-15-7-5-4-6-8-15/h4-8,12-14,17H,9-11H2,1-3H3. The highest BCUT2D eigenvalue weighted by Crippen LogP contribution is 2.26. The van der Waals surface area contributed by atoms with Gasteiger partial charge >= 0.3 is 0 Å². The van der Waals surface area contributed by atoms with Crippen LogP contribution >= 0.6 is 11.8 Å². The molecule has 4 heteroatoms. The van der Waals surface area contributed by atoms with Crippen LogP contribution in [0.4, 0.5) is 0 Å². The van der Waals surface area contributed by atoms with Crippen molar-refractivity contribution in [2.24, 2.45) is 0 Å². The second kappa shape index (κ2) is 7.14. The van der Waals surface area contributed by atoms with Gasteiger partial charge in [-0.1, -0.05) is 18.2 Å². The van der Waals surface area contributed by atoms with E-state index in [2.05, 4.69) is 36.2 Å². The van der Waals surface area contributed by atoms with E-state index in [-0.39, 0.29) is 17.2 Å². The lowest BCUT2D eigenvalue weighted by Crippen LogP contribution is -2.48. The Morgan fingerprint density at radius 2 is 2.00 bits per heavy atom. The van der Waals surface area contributed by atoms with E-state index in [1.165, 1.54) is 0 Å². The number of carbonyl (C=O) groups excluding carboxylic acids is 1. The molecule has 1 saturated heterocycles. The second-order valence-corrected chi connectivity index (χ2v) is 6.97. The zero-order chi connectivity index (χ0) is 14.5. The summed E-state index contributed by atoms with van der Waals surface area (Å²) in [6, 6.07) is 10.8. The van der Waals surface area contributed by atoms with Crippen molar-refractivity contribution < 1.29 is 4.79 Å². The Labute approximate surface area is 126 Å². The summed E-state index contributed by atoms with van der Waals surface area (Å²) in [6.45, 7) is 8.16. The smallest absolute Gasteiger partial charge is 0.236 e. The maximum absolute atomic E-state index is 12.8. The third-order valence-electron chi connectivity index (χ3n) is 3.64. The number of amides is 1. The molecule has 0 aromatic heterocycles. The Balaban J connectivity index is 2.03. The minimum atomic E-state index is -0.0413. The van der Waals surface area contributed by atoms with E-state index in [0.29, 0.717) is 6.04 Å². The van der Waals surface area contributed by atoms with Crippen LogP contribution in [0.3, 0.4) is 0 Å². The molecule has 2 rings (SSSR count). The summed E-state index contributed by atoms with van der Waals surface area (Å²) in [6.07, 6.45) is 1.06. The molecule has 1 aliphatic heterocycles. The van der Waals surface area contributed by atoms with Crippen molar-refractivity contribution in [2.75, 3.05) is 13.1 Å². The van der Waals surface area contributed by atoms with Gasteiger partial charge in [0, 0.05) is 23.5 Å². The van der Waals surface area contributed by atoms with Crippen LogP contribution in [-0.4, -0.2) is 41.2 Å². The maximum Gasteiger partial charge on any atom is 0.236 e. The van der Waals surface area contributed by atoms with Gasteiger partial charge in [0.05, 0.1) is 5.25 Å². The van der Waals surface area contributed by atoms with Gasteiger partial charge in [-0.25, -0.2) is 0 Å². The number of nitrogens with one attached hydrogen (secondary N) is 1. The number of hydrogen-bond acceptors (Lipinski definition) is 3. The molecular weight excluding hydrogens is 268 g/mol. The summed E-state index contributed by atoms with van der Waals surface area (Å²) in [7, 11) is 0. The van der Waals surface area contributed by atoms with Gasteiger partial charge in [-0.05, 0) is 45.9 Å². The minimum Gasteiger partial charge on any atom is -0.335 e. The van der Waals surface area contributed by atoms with E-state index >= 15 is 0 Å². The summed E-state index contributed by atoms with van der Waals surface area (Å²) in [5.41, 5.74) is 0. The molecule has 2 atom stereocenters. The third kappa shape index (κ3) is 3.76. The predicted molar refractivity (Wildman–Crippen MR) is 85.0 cm³/mol. The molecule has 0 aliphatic carbocycles. The Morgan fingerprint density at radius 3 is 2.55 bits per heavy atom. The fraction of sp³-hybridized carbons (Fsp3) is 0.562. The molecule has 0 radical (unpaired) electrons. The summed E-state index contributed by atoms with van der Waals surface area (Å²) in [4.78, 5) is 16.0. The van der Waals surface area contributed by atoms with Crippen molar-refractivity contribution in [1.29, 1.82) is 0 Å². The molecule has 1 amide bonds. The van der Waals surface area contributed by atoms with Crippen LogP contribution in [-0.2, 0) is 4.79 Å². The average molecular weight is 292 g/mol. The van der Waals surface area contributed by atoms with E-state index < -0.39 is 0 Å². The highest BCUT2D eigenvalue weighted by Gasteiger charge is 2.31. The number of benzene rings is 1. The van der Waals surface area contributed by atoms with Gasteiger partial charge in [0.2, 0.25) is 5.91 Å². The molecule has 0 saturated carbocycles. The quantitative estimate of drug-likeness (QED) is 0.847. The van der Waals surface area contributed by atoms with E-state index in [9.17, 15) is 4.79 Å². The van der Waals surface area contributed by atoms with Crippen molar-refractivity contribution >= 4 is 17.7 Å². The second-order valence-electron chi connectivity index (χ2n) is 5.56. The molecular formula is C16H24N2OS. The van der Waals surface area contributed by atoms with Crippen molar-refractivity contribution in [3.05, 3.63) is 30.3 Å². The fourth-order valence-corrected chi connectivity index (χ4v) is 3.64. The largest absolute Gasteiger partial charge is 0.335 e. The Kier molecular flexibility index (Phi) is 5.49. The molecule has 1 aromatic carbocycles. The monoisotopic (exact) mass is 292 g/mol. The van der Waals surface area contributed by atoms with Crippen molar-refractivity contribution in [1.82, 2.24) is 10.2 Å². The first-order valence-electron chi connectivity index (χ1n) is 7.34. The first kappa shape index (κ1) is 15.4. The van der Waals surface area contributed by atoms with Crippen molar-refractivity contribution in [3.8, 4) is 0 Å². The average Bonchev–Trinajstić information content (AvgIpc) is 2.93. The van der Waals surface area contributed by atoms with E-state index in [0.717, 1.165) is 24.4 Å². The van der Waals surface area contributed by atoms with Gasteiger partial charge in [-0.3, -0.25) is 4.79 Å². The molecule has 0 bridgehead atoms. The first-order chi connectivity index (χ1) is 9.59. The Hall–Kier alpha value is -1.00. The molecule has 1 fully saturated rings. The minimum absolute atomic E-state index is 0.0413. The summed E-state index contributed by atoms with van der Waals surface area (Å²) < 4.78 is 0. The highest BCUT2D eigenvalue weighted by molar-refractivity contribution is 8.00. The normalized spacial score (nSPS) is 20.1. The van der Waals surface area contributed by atoms with Gasteiger partial charge in [0.1, 0.15) is 0 Å². The van der Waals surface area contributed by atoms with Crippen LogP contribution < -0.4 is 5.32 Å². The molecule has 1 N–H and O–H groups in total. The topological polar surface area (TPSA) is 32.3 Å². The van der Waals surface area contributed by atoms with E-state index in [4.69, 9.17) is 0 Å². The molecule has 0 spiro atoms. The zero-order valence-corrected chi connectivity index (χ0v) is 13.3. The lowest BCUT2D eigenvalue weighted by atomic mass is 10.1. The highest BCUT2D eigenvalue weighted by atomic mass is 32.2. The number of hydrogen-bond donors (Lipinski definition) is 1. The van der Waals surface area contributed by atoms with Gasteiger partial charge in [-0.2, -0.15) is 0 Å². The molecule has 3 nitrogen and oxygen atoms in total. The van der Waals surface area contributed by atoms with Crippen molar-refractivity contribution in [3.63, 3.8) is 0 Å². The zero-order valence-electron chi connectivity index (χ0n) is 12.5. The van der Waals surface area contributed by atoms with E-state index in [1.807, 2.05) is 25.1 Å². The van der Waals surface area contributed by atoms with Gasteiger partial charge < -0.3 is 10.2 Å². The Morgan fingerprint density at radius 1 is 1.30 bits per heavy atom. The van der Waals surface area contributed by atoms with Crippen LogP contribution in [0, 0.1) is 0 Å². The van der Waals surface area contributed by atoms with Crippen LogP contribution in [0.5, 0.6) is 0 Å². The lowest BCUT2D eigenvalue weighted by molar-refractivity contribution is -0.134. The maximum atomic E-state index is 12.8. The van der Waals surface area contributed by atoms with E-state index in [1.54, 1.807) is 11.8 Å². The number of carbonyl (C=O) groups is 1. The summed E-state index contributed by atoms with van der Waals surface area (Å²) in [5, 5.41) is 3.31. The molecule has 2 unspecified atom stereocenters. The summed E-state index contributed by atoms with van der Waals surface area (Å²) in [5.74, 6) is 0.252. The van der Waals surface area contributed by atoms with Crippen LogP contribution in [0.1, 0.15) is 27.2 Å². The Bertz CT molecular complexity index is 429. The van der Waals surface area contributed by atoms with Gasteiger partial charge in [0.25, 0.3) is 0 Å². The molecule has 110 valence electrons. The molecule has 1 heterocycles. The molecule has 1 aromatic rings. The predicted octanol–water partition coefficient (Wildman–Crippen LogP) is 2.77. The fourth-order valence-electron chi connectivity index (χ4n) is 2.70. The van der Waals surface area contributed by atoms with Gasteiger partial charge in [0.15, 0.2) is 0 Å². The van der Waals surface area contributed by atoms with Crippen LogP contribution in [0.25, 0.3) is 0 Å². The molecule has 1 aliphatic rings. The molecule has 20 heavy (non-hydrogen) atoms. The van der Waals surface area contributed by atoms with Crippen LogP contribution in [0.2, 0.25) is 0 Å². The SMILES string of the molecule is CC(Sc1ccccc1)C(=O)N(C(C)C)C1CCNC1. The summed E-state index contributed by atoms with van der Waals surface area (Å²) >= 11 is 1.64. The lowest BCUT2D eigenvalue weighted by Gasteiger charge is -2.34. The third-order valence-corrected chi connectivity index (χ3v) is 4.74. The number of rotatable bonds is 5. The van der Waals surface area contributed by atoms with Crippen LogP contribution in [0.15, 0.2) is 35.2 Å². The number of thioether (sulfide) groups is 1.